The van der Waals surface area contributed by atoms with Crippen LogP contribution in [0.15, 0.2) is 48.8 Å². The lowest BCUT2D eigenvalue weighted by Gasteiger charge is -2.37. The Hall–Kier alpha value is -2.22. The quantitative estimate of drug-likeness (QED) is 0.704. The molecule has 7 heteroatoms. The van der Waals surface area contributed by atoms with E-state index < -0.39 is 0 Å². The fourth-order valence-corrected chi connectivity index (χ4v) is 4.92. The highest BCUT2D eigenvalue weighted by molar-refractivity contribution is 5.75. The van der Waals surface area contributed by atoms with Crippen LogP contribution in [0.25, 0.3) is 0 Å². The molecule has 1 saturated carbocycles. The van der Waals surface area contributed by atoms with Crippen molar-refractivity contribution < 1.29 is 14.6 Å². The number of nitrogens with zero attached hydrogens (tertiary/aromatic N) is 3. The predicted molar refractivity (Wildman–Crippen MR) is 114 cm³/mol. The Labute approximate surface area is 178 Å². The van der Waals surface area contributed by atoms with Crippen LogP contribution in [0.5, 0.6) is 0 Å². The van der Waals surface area contributed by atoms with Crippen molar-refractivity contribution in [3.05, 3.63) is 54.4 Å². The van der Waals surface area contributed by atoms with Gasteiger partial charge in [-0.3, -0.25) is 14.4 Å². The van der Waals surface area contributed by atoms with Crippen molar-refractivity contribution in [1.29, 1.82) is 0 Å². The van der Waals surface area contributed by atoms with E-state index in [1.165, 1.54) is 5.56 Å². The van der Waals surface area contributed by atoms with Crippen LogP contribution in [0.2, 0.25) is 0 Å². The van der Waals surface area contributed by atoms with Gasteiger partial charge in [0, 0.05) is 43.5 Å². The maximum atomic E-state index is 12.5. The number of rotatable bonds is 6. The summed E-state index contributed by atoms with van der Waals surface area (Å²) in [4.78, 5) is 14.9. The number of morpholine rings is 1. The third kappa shape index (κ3) is 4.91. The third-order valence-electron chi connectivity index (χ3n) is 6.67. The third-order valence-corrected chi connectivity index (χ3v) is 6.67. The molecule has 1 amide bonds. The Bertz CT molecular complexity index is 792. The Morgan fingerprint density at radius 2 is 1.93 bits per heavy atom. The summed E-state index contributed by atoms with van der Waals surface area (Å²) in [6.07, 6.45) is 6.53. The van der Waals surface area contributed by atoms with Gasteiger partial charge >= 0.3 is 0 Å². The Balaban J connectivity index is 1.49. The summed E-state index contributed by atoms with van der Waals surface area (Å²) in [7, 11) is 0. The van der Waals surface area contributed by atoms with E-state index in [9.17, 15) is 9.90 Å². The number of amides is 1. The van der Waals surface area contributed by atoms with Crippen LogP contribution < -0.4 is 5.32 Å². The summed E-state index contributed by atoms with van der Waals surface area (Å²) in [5.74, 6) is -0.0384. The molecule has 0 spiro atoms. The summed E-state index contributed by atoms with van der Waals surface area (Å²) in [5.41, 5.74) is 1.06. The number of hydrogen-bond donors (Lipinski definition) is 2. The van der Waals surface area contributed by atoms with Crippen molar-refractivity contribution >= 4 is 5.91 Å². The smallest absolute Gasteiger partial charge is 0.241 e. The molecule has 1 saturated heterocycles. The standard InChI is InChI=1S/C23H32N4O3/c28-21-8-10-23(19-5-2-1-3-6-19,9-7-20(21)26-13-15-30-16-14-26)18-24-22(29)17-27-12-4-11-25-27/h1-6,11-12,20-21,28H,7-10,13-18H2,(H,24,29)/t20-,21-,23-/m1/s1. The van der Waals surface area contributed by atoms with Crippen molar-refractivity contribution in [3.8, 4) is 0 Å². The summed E-state index contributed by atoms with van der Waals surface area (Å²) in [5, 5.41) is 18.2. The molecule has 0 bridgehead atoms. The molecule has 0 radical (unpaired) electrons. The largest absolute Gasteiger partial charge is 0.391 e. The number of carbonyl (C=O) groups is 1. The van der Waals surface area contributed by atoms with Gasteiger partial charge in [-0.1, -0.05) is 30.3 Å². The van der Waals surface area contributed by atoms with Crippen molar-refractivity contribution in [2.24, 2.45) is 0 Å². The van der Waals surface area contributed by atoms with Gasteiger partial charge in [-0.05, 0) is 37.3 Å². The van der Waals surface area contributed by atoms with E-state index >= 15 is 0 Å². The zero-order valence-electron chi connectivity index (χ0n) is 17.4. The lowest BCUT2D eigenvalue weighted by molar-refractivity contribution is -0.122. The van der Waals surface area contributed by atoms with Crippen LogP contribution in [-0.4, -0.2) is 70.7 Å². The minimum absolute atomic E-state index is 0.0384. The molecular formula is C23H32N4O3. The molecule has 1 aromatic carbocycles. The van der Waals surface area contributed by atoms with Crippen molar-refractivity contribution in [3.63, 3.8) is 0 Å². The van der Waals surface area contributed by atoms with Gasteiger partial charge in [0.25, 0.3) is 0 Å². The van der Waals surface area contributed by atoms with E-state index in [1.807, 2.05) is 12.1 Å². The first-order valence-corrected chi connectivity index (χ1v) is 11.0. The number of aliphatic hydroxyl groups excluding tert-OH is 1. The van der Waals surface area contributed by atoms with Crippen LogP contribution in [-0.2, 0) is 21.5 Å². The summed E-state index contributed by atoms with van der Waals surface area (Å²) < 4.78 is 7.13. The van der Waals surface area contributed by atoms with E-state index in [4.69, 9.17) is 4.74 Å². The van der Waals surface area contributed by atoms with E-state index in [1.54, 1.807) is 17.1 Å². The molecule has 4 rings (SSSR count). The highest BCUT2D eigenvalue weighted by Crippen LogP contribution is 2.39. The Morgan fingerprint density at radius 1 is 1.17 bits per heavy atom. The lowest BCUT2D eigenvalue weighted by atomic mass is 9.74. The molecule has 162 valence electrons. The molecule has 2 N–H and O–H groups in total. The van der Waals surface area contributed by atoms with Gasteiger partial charge in [0.1, 0.15) is 6.54 Å². The molecule has 30 heavy (non-hydrogen) atoms. The first-order chi connectivity index (χ1) is 14.7. The molecule has 2 aliphatic rings. The molecule has 1 aliphatic carbocycles. The average Bonchev–Trinajstić information content (AvgIpc) is 3.23. The fraction of sp³-hybridized carbons (Fsp3) is 0.565. The molecule has 1 aliphatic heterocycles. The van der Waals surface area contributed by atoms with Crippen molar-refractivity contribution in [1.82, 2.24) is 20.0 Å². The zero-order chi connectivity index (χ0) is 20.8. The van der Waals surface area contributed by atoms with Gasteiger partial charge in [-0.25, -0.2) is 0 Å². The number of nitrogens with one attached hydrogen (secondary N) is 1. The Kier molecular flexibility index (Phi) is 6.82. The van der Waals surface area contributed by atoms with Gasteiger partial charge in [0.2, 0.25) is 5.91 Å². The second-order valence-electron chi connectivity index (χ2n) is 8.49. The van der Waals surface area contributed by atoms with E-state index in [2.05, 4.69) is 39.6 Å². The van der Waals surface area contributed by atoms with Gasteiger partial charge in [0.05, 0.1) is 19.3 Å². The summed E-state index contributed by atoms with van der Waals surface area (Å²) in [6, 6.07) is 12.4. The van der Waals surface area contributed by atoms with Crippen LogP contribution in [0.1, 0.15) is 31.2 Å². The first kappa shape index (κ1) is 21.0. The summed E-state index contributed by atoms with van der Waals surface area (Å²) in [6.45, 7) is 4.00. The first-order valence-electron chi connectivity index (χ1n) is 11.0. The zero-order valence-corrected chi connectivity index (χ0v) is 17.4. The molecule has 3 atom stereocenters. The molecule has 1 aromatic heterocycles. The topological polar surface area (TPSA) is 79.6 Å². The van der Waals surface area contributed by atoms with E-state index in [0.29, 0.717) is 6.54 Å². The SMILES string of the molecule is O=C(Cn1cccn1)NC[C@]1(c2ccccc2)CC[C@@H](O)[C@H](N2CCOCC2)CC1. The maximum absolute atomic E-state index is 12.5. The second-order valence-corrected chi connectivity index (χ2v) is 8.49. The maximum Gasteiger partial charge on any atom is 0.241 e. The van der Waals surface area contributed by atoms with Crippen LogP contribution in [0.3, 0.4) is 0 Å². The highest BCUT2D eigenvalue weighted by atomic mass is 16.5. The number of ether oxygens (including phenoxy) is 1. The van der Waals surface area contributed by atoms with Crippen LogP contribution in [0, 0.1) is 0 Å². The van der Waals surface area contributed by atoms with Crippen LogP contribution in [0.4, 0.5) is 0 Å². The minimum atomic E-state index is -0.353. The van der Waals surface area contributed by atoms with Gasteiger partial charge in [-0.2, -0.15) is 5.10 Å². The van der Waals surface area contributed by atoms with Crippen LogP contribution >= 0.6 is 0 Å². The number of carbonyl (C=O) groups excluding carboxylic acids is 1. The lowest BCUT2D eigenvalue weighted by Crippen LogP contribution is -2.48. The van der Waals surface area contributed by atoms with E-state index in [0.717, 1.165) is 52.0 Å². The van der Waals surface area contributed by atoms with Crippen molar-refractivity contribution in [2.75, 3.05) is 32.8 Å². The highest BCUT2D eigenvalue weighted by Gasteiger charge is 2.40. The van der Waals surface area contributed by atoms with Gasteiger partial charge in [-0.15, -0.1) is 0 Å². The van der Waals surface area contributed by atoms with Crippen molar-refractivity contribution in [2.45, 2.75) is 49.8 Å². The molecule has 2 fully saturated rings. The van der Waals surface area contributed by atoms with Gasteiger partial charge in [0.15, 0.2) is 0 Å². The second kappa shape index (κ2) is 9.73. The predicted octanol–water partition coefficient (Wildman–Crippen LogP) is 1.57. The summed E-state index contributed by atoms with van der Waals surface area (Å²) >= 11 is 0. The average molecular weight is 413 g/mol. The normalized spacial score (nSPS) is 28.0. The fourth-order valence-electron chi connectivity index (χ4n) is 4.92. The van der Waals surface area contributed by atoms with Gasteiger partial charge < -0.3 is 15.2 Å². The molecule has 2 heterocycles. The number of aliphatic hydroxyl groups is 1. The van der Waals surface area contributed by atoms with E-state index in [-0.39, 0.29) is 30.0 Å². The number of hydrogen-bond acceptors (Lipinski definition) is 5. The molecule has 0 unspecified atom stereocenters. The molecular weight excluding hydrogens is 380 g/mol. The minimum Gasteiger partial charge on any atom is -0.391 e. The number of aromatic nitrogens is 2. The molecule has 2 aromatic rings. The monoisotopic (exact) mass is 412 g/mol. The Morgan fingerprint density at radius 3 is 2.67 bits per heavy atom. The number of benzene rings is 1. The molecule has 7 nitrogen and oxygen atoms in total.